The topological polar surface area (TPSA) is 80.0 Å². The predicted molar refractivity (Wildman–Crippen MR) is 111 cm³/mol. The number of carbonyl (C=O) groups excluding carboxylic acids is 1. The average molecular weight is 419 g/mol. The second kappa shape index (κ2) is 9.19. The van der Waals surface area contributed by atoms with E-state index in [1.54, 1.807) is 24.3 Å². The van der Waals surface area contributed by atoms with Gasteiger partial charge in [0.1, 0.15) is 0 Å². The molecule has 2 heterocycles. The van der Waals surface area contributed by atoms with Crippen molar-refractivity contribution >= 4 is 29.9 Å². The molecule has 1 fully saturated rings. The van der Waals surface area contributed by atoms with Gasteiger partial charge in [-0.05, 0) is 43.7 Å². The fraction of sp³-hybridized carbons (Fsp3) is 0.250. The second-order valence-corrected chi connectivity index (χ2v) is 6.92. The molecule has 8 heteroatoms. The van der Waals surface area contributed by atoms with Gasteiger partial charge < -0.3 is 15.2 Å². The first-order valence-corrected chi connectivity index (χ1v) is 9.29. The summed E-state index contributed by atoms with van der Waals surface area (Å²) >= 11 is 6.03. The highest BCUT2D eigenvalue weighted by Gasteiger charge is 2.20. The molecule has 1 aromatic heterocycles. The van der Waals surface area contributed by atoms with Crippen LogP contribution in [0.15, 0.2) is 53.1 Å². The summed E-state index contributed by atoms with van der Waals surface area (Å²) in [6, 6.07) is 14.8. The highest BCUT2D eigenvalue weighted by atomic mass is 35.5. The lowest BCUT2D eigenvalue weighted by Crippen LogP contribution is -2.37. The quantitative estimate of drug-likeness (QED) is 0.655. The smallest absolute Gasteiger partial charge is 0.259 e. The van der Waals surface area contributed by atoms with Crippen molar-refractivity contribution in [2.75, 3.05) is 13.1 Å². The number of halogens is 2. The monoisotopic (exact) mass is 418 g/mol. The third-order valence-electron chi connectivity index (χ3n) is 4.58. The van der Waals surface area contributed by atoms with E-state index in [0.717, 1.165) is 24.9 Å². The SMILES string of the molecule is Cl.O=C(NCC1CCCN1)c1ccccc1-c1nc(-c2cccc(Cl)c2)no1. The summed E-state index contributed by atoms with van der Waals surface area (Å²) in [6.07, 6.45) is 2.22. The maximum absolute atomic E-state index is 12.7. The lowest BCUT2D eigenvalue weighted by Gasteiger charge is -2.12. The Balaban J connectivity index is 0.00000225. The molecule has 1 unspecified atom stereocenters. The van der Waals surface area contributed by atoms with Gasteiger partial charge >= 0.3 is 0 Å². The average Bonchev–Trinajstić information content (AvgIpc) is 3.38. The molecule has 1 aliphatic rings. The van der Waals surface area contributed by atoms with Gasteiger partial charge in [-0.2, -0.15) is 4.98 Å². The number of amides is 1. The fourth-order valence-corrected chi connectivity index (χ4v) is 3.38. The zero-order valence-corrected chi connectivity index (χ0v) is 16.6. The van der Waals surface area contributed by atoms with E-state index in [9.17, 15) is 4.79 Å². The summed E-state index contributed by atoms with van der Waals surface area (Å²) in [5.41, 5.74) is 1.87. The van der Waals surface area contributed by atoms with Gasteiger partial charge in [-0.1, -0.05) is 41.0 Å². The van der Waals surface area contributed by atoms with Gasteiger partial charge in [0.15, 0.2) is 0 Å². The minimum absolute atomic E-state index is 0. The number of nitrogens with zero attached hydrogens (tertiary/aromatic N) is 2. The van der Waals surface area contributed by atoms with Crippen molar-refractivity contribution in [3.05, 3.63) is 59.1 Å². The Morgan fingerprint density at radius 1 is 1.25 bits per heavy atom. The normalized spacial score (nSPS) is 15.8. The standard InChI is InChI=1S/C20H19ClN4O2.ClH/c21-14-6-3-5-13(11-14)18-24-20(27-25-18)17-9-2-1-8-16(17)19(26)23-12-15-7-4-10-22-15;/h1-3,5-6,8-9,11,15,22H,4,7,10,12H2,(H,23,26);1H. The maximum atomic E-state index is 12.7. The lowest BCUT2D eigenvalue weighted by atomic mass is 10.1. The minimum atomic E-state index is -0.151. The van der Waals surface area contributed by atoms with Gasteiger partial charge in [-0.25, -0.2) is 0 Å². The van der Waals surface area contributed by atoms with Gasteiger partial charge in [0, 0.05) is 23.2 Å². The molecule has 4 rings (SSSR count). The number of hydrogen-bond donors (Lipinski definition) is 2. The van der Waals surface area contributed by atoms with E-state index in [2.05, 4.69) is 20.8 Å². The van der Waals surface area contributed by atoms with Crippen LogP contribution in [0.2, 0.25) is 5.02 Å². The Morgan fingerprint density at radius 2 is 2.11 bits per heavy atom. The molecule has 6 nitrogen and oxygen atoms in total. The van der Waals surface area contributed by atoms with Crippen LogP contribution in [-0.2, 0) is 0 Å². The first-order chi connectivity index (χ1) is 13.2. The minimum Gasteiger partial charge on any atom is -0.350 e. The van der Waals surface area contributed by atoms with Crippen LogP contribution in [0.1, 0.15) is 23.2 Å². The molecule has 28 heavy (non-hydrogen) atoms. The molecule has 2 aromatic carbocycles. The molecular weight excluding hydrogens is 399 g/mol. The molecule has 0 radical (unpaired) electrons. The molecule has 2 N–H and O–H groups in total. The summed E-state index contributed by atoms with van der Waals surface area (Å²) in [5.74, 6) is 0.578. The summed E-state index contributed by atoms with van der Waals surface area (Å²) in [7, 11) is 0. The Bertz CT molecular complexity index is 955. The van der Waals surface area contributed by atoms with Crippen molar-refractivity contribution in [2.24, 2.45) is 0 Å². The molecule has 3 aromatic rings. The van der Waals surface area contributed by atoms with E-state index in [4.69, 9.17) is 16.1 Å². The van der Waals surface area contributed by atoms with E-state index < -0.39 is 0 Å². The Hall–Kier alpha value is -2.41. The van der Waals surface area contributed by atoms with Crippen LogP contribution in [0.25, 0.3) is 22.8 Å². The first-order valence-electron chi connectivity index (χ1n) is 8.91. The molecule has 0 saturated carbocycles. The highest BCUT2D eigenvalue weighted by Crippen LogP contribution is 2.26. The van der Waals surface area contributed by atoms with Crippen LogP contribution >= 0.6 is 24.0 Å². The number of nitrogens with one attached hydrogen (secondary N) is 2. The van der Waals surface area contributed by atoms with Crippen molar-refractivity contribution < 1.29 is 9.32 Å². The molecule has 1 atom stereocenters. The highest BCUT2D eigenvalue weighted by molar-refractivity contribution is 6.30. The van der Waals surface area contributed by atoms with Crippen LogP contribution in [-0.4, -0.2) is 35.2 Å². The molecular formula is C20H20Cl2N4O2. The third kappa shape index (κ3) is 4.52. The molecule has 0 spiro atoms. The molecule has 1 aliphatic heterocycles. The third-order valence-corrected chi connectivity index (χ3v) is 4.82. The van der Waals surface area contributed by atoms with Crippen LogP contribution in [0, 0.1) is 0 Å². The largest absolute Gasteiger partial charge is 0.350 e. The van der Waals surface area contributed by atoms with E-state index in [1.807, 2.05) is 24.3 Å². The fourth-order valence-electron chi connectivity index (χ4n) is 3.19. The van der Waals surface area contributed by atoms with Crippen LogP contribution in [0.4, 0.5) is 0 Å². The van der Waals surface area contributed by atoms with E-state index in [0.29, 0.717) is 40.5 Å². The molecule has 0 bridgehead atoms. The summed E-state index contributed by atoms with van der Waals surface area (Å²) < 4.78 is 5.42. The number of benzene rings is 2. The second-order valence-electron chi connectivity index (χ2n) is 6.48. The van der Waals surface area contributed by atoms with E-state index in [1.165, 1.54) is 0 Å². The summed E-state index contributed by atoms with van der Waals surface area (Å²) in [5, 5.41) is 11.0. The number of rotatable bonds is 5. The Morgan fingerprint density at radius 3 is 2.89 bits per heavy atom. The van der Waals surface area contributed by atoms with Crippen molar-refractivity contribution in [2.45, 2.75) is 18.9 Å². The Kier molecular flexibility index (Phi) is 6.67. The first kappa shape index (κ1) is 20.3. The van der Waals surface area contributed by atoms with E-state index >= 15 is 0 Å². The Labute approximate surface area is 174 Å². The number of hydrogen-bond acceptors (Lipinski definition) is 5. The van der Waals surface area contributed by atoms with Gasteiger partial charge in [-0.3, -0.25) is 4.79 Å². The van der Waals surface area contributed by atoms with Crippen LogP contribution < -0.4 is 10.6 Å². The predicted octanol–water partition coefficient (Wildman–Crippen LogP) is 3.96. The van der Waals surface area contributed by atoms with E-state index in [-0.39, 0.29) is 18.3 Å². The zero-order valence-electron chi connectivity index (χ0n) is 15.0. The van der Waals surface area contributed by atoms with Gasteiger partial charge in [0.25, 0.3) is 11.8 Å². The van der Waals surface area contributed by atoms with Crippen molar-refractivity contribution in [3.63, 3.8) is 0 Å². The molecule has 1 saturated heterocycles. The molecule has 1 amide bonds. The van der Waals surface area contributed by atoms with Crippen molar-refractivity contribution in [3.8, 4) is 22.8 Å². The zero-order chi connectivity index (χ0) is 18.6. The molecule has 146 valence electrons. The van der Waals surface area contributed by atoms with Crippen LogP contribution in [0.5, 0.6) is 0 Å². The van der Waals surface area contributed by atoms with Gasteiger partial charge in [-0.15, -0.1) is 12.4 Å². The molecule has 0 aliphatic carbocycles. The number of aromatic nitrogens is 2. The van der Waals surface area contributed by atoms with Crippen molar-refractivity contribution in [1.82, 2.24) is 20.8 Å². The summed E-state index contributed by atoms with van der Waals surface area (Å²) in [4.78, 5) is 17.1. The summed E-state index contributed by atoms with van der Waals surface area (Å²) in [6.45, 7) is 1.61. The maximum Gasteiger partial charge on any atom is 0.259 e. The van der Waals surface area contributed by atoms with Gasteiger partial charge in [0.2, 0.25) is 5.82 Å². The number of carbonyl (C=O) groups is 1. The van der Waals surface area contributed by atoms with Crippen molar-refractivity contribution in [1.29, 1.82) is 0 Å². The van der Waals surface area contributed by atoms with Gasteiger partial charge in [0.05, 0.1) is 11.1 Å². The van der Waals surface area contributed by atoms with Crippen LogP contribution in [0.3, 0.4) is 0 Å². The lowest BCUT2D eigenvalue weighted by molar-refractivity contribution is 0.0950.